The molecule has 3 rings (SSSR count). The topological polar surface area (TPSA) is 66.4 Å². The van der Waals surface area contributed by atoms with Crippen molar-refractivity contribution in [2.45, 2.75) is 59.5 Å². The molecule has 1 N–H and O–H groups in total. The smallest absolute Gasteiger partial charge is 0.225 e. The zero-order chi connectivity index (χ0) is 21.6. The highest BCUT2D eigenvalue weighted by Gasteiger charge is 2.35. The molecule has 0 spiro atoms. The number of nitrogens with zero attached hydrogens (tertiary/aromatic N) is 3. The van der Waals surface area contributed by atoms with Gasteiger partial charge in [0.2, 0.25) is 5.91 Å². The van der Waals surface area contributed by atoms with E-state index >= 15 is 0 Å². The molecule has 7 nitrogen and oxygen atoms in total. The molecular weight excluding hydrogens is 380 g/mol. The Hall–Kier alpha value is -1.34. The Morgan fingerprint density at radius 2 is 1.73 bits per heavy atom. The molecule has 0 aromatic carbocycles. The van der Waals surface area contributed by atoms with E-state index in [1.54, 1.807) is 0 Å². The summed E-state index contributed by atoms with van der Waals surface area (Å²) in [5.74, 6) is 1.91. The number of hydrogen-bond donors (Lipinski definition) is 1. The van der Waals surface area contributed by atoms with Crippen LogP contribution in [0, 0.1) is 17.3 Å². The number of piperidine rings is 1. The number of hydrogen-bond acceptors (Lipinski definition) is 4. The van der Waals surface area contributed by atoms with Crippen LogP contribution in [0.5, 0.6) is 0 Å². The molecule has 1 amide bonds. The van der Waals surface area contributed by atoms with Gasteiger partial charge in [0.1, 0.15) is 0 Å². The minimum atomic E-state index is 0.136. The lowest BCUT2D eigenvalue weighted by atomic mass is 9.78. The largest absolute Gasteiger partial charge is 0.378 e. The van der Waals surface area contributed by atoms with Gasteiger partial charge in [-0.15, -0.1) is 0 Å². The van der Waals surface area contributed by atoms with Gasteiger partial charge in [0.15, 0.2) is 5.96 Å². The molecular formula is C23H42N4O3. The molecule has 0 aromatic rings. The second-order valence-electron chi connectivity index (χ2n) is 9.95. The molecule has 0 bridgehead atoms. The fraction of sp³-hybridized carbons (Fsp3) is 0.913. The number of likely N-dealkylation sites (tertiary alicyclic amines) is 1. The molecule has 3 saturated heterocycles. The van der Waals surface area contributed by atoms with Gasteiger partial charge >= 0.3 is 0 Å². The molecule has 3 aliphatic heterocycles. The van der Waals surface area contributed by atoms with Crippen molar-refractivity contribution in [3.63, 3.8) is 0 Å². The van der Waals surface area contributed by atoms with Crippen molar-refractivity contribution in [2.24, 2.45) is 22.2 Å². The Morgan fingerprint density at radius 1 is 1.03 bits per heavy atom. The van der Waals surface area contributed by atoms with Gasteiger partial charge in [-0.25, -0.2) is 0 Å². The Kier molecular flexibility index (Phi) is 8.40. The van der Waals surface area contributed by atoms with Gasteiger partial charge in [-0.2, -0.15) is 0 Å². The third-order valence-corrected chi connectivity index (χ3v) is 6.58. The molecule has 0 radical (unpaired) electrons. The van der Waals surface area contributed by atoms with Crippen LogP contribution in [0.3, 0.4) is 0 Å². The number of aliphatic imine (C=N–C) groups is 1. The summed E-state index contributed by atoms with van der Waals surface area (Å²) in [5, 5.41) is 3.48. The van der Waals surface area contributed by atoms with Gasteiger partial charge in [0, 0.05) is 57.7 Å². The van der Waals surface area contributed by atoms with E-state index < -0.39 is 0 Å². The van der Waals surface area contributed by atoms with E-state index in [0.29, 0.717) is 25.0 Å². The first kappa shape index (κ1) is 23.3. The van der Waals surface area contributed by atoms with Crippen molar-refractivity contribution in [1.29, 1.82) is 0 Å². The average Bonchev–Trinajstić information content (AvgIpc) is 2.76. The molecule has 2 unspecified atom stereocenters. The van der Waals surface area contributed by atoms with Gasteiger partial charge in [-0.05, 0) is 38.0 Å². The van der Waals surface area contributed by atoms with Crippen LogP contribution in [0.15, 0.2) is 4.99 Å². The number of amides is 1. The predicted octanol–water partition coefficient (Wildman–Crippen LogP) is 2.36. The number of carbonyl (C=O) groups excluding carboxylic acids is 1. The quantitative estimate of drug-likeness (QED) is 0.557. The first-order valence-electron chi connectivity index (χ1n) is 11.9. The van der Waals surface area contributed by atoms with E-state index in [1.807, 2.05) is 4.90 Å². The van der Waals surface area contributed by atoms with Gasteiger partial charge < -0.3 is 24.6 Å². The first-order valence-corrected chi connectivity index (χ1v) is 11.9. The lowest BCUT2D eigenvalue weighted by Crippen LogP contribution is -2.50. The van der Waals surface area contributed by atoms with Crippen LogP contribution in [0.2, 0.25) is 0 Å². The highest BCUT2D eigenvalue weighted by atomic mass is 16.5. The van der Waals surface area contributed by atoms with Crippen LogP contribution in [-0.2, 0) is 14.3 Å². The Labute approximate surface area is 182 Å². The van der Waals surface area contributed by atoms with Crippen molar-refractivity contribution in [3.05, 3.63) is 0 Å². The normalized spacial score (nSPS) is 27.3. The van der Waals surface area contributed by atoms with Crippen LogP contribution in [0.4, 0.5) is 0 Å². The number of carbonyl (C=O) groups is 1. The standard InChI is InChI=1S/C23H42N4O3/c1-5-24-22(25-17-19-7-6-14-30-20(19)23(2,3)4)27-10-8-18(9-11-27)21(28)26-12-15-29-16-13-26/h18-20H,5-17H2,1-4H3,(H,24,25). The lowest BCUT2D eigenvalue weighted by molar-refractivity contribution is -0.140. The van der Waals surface area contributed by atoms with Crippen LogP contribution in [0.25, 0.3) is 0 Å². The summed E-state index contributed by atoms with van der Waals surface area (Å²) < 4.78 is 11.5. The molecule has 30 heavy (non-hydrogen) atoms. The Morgan fingerprint density at radius 3 is 2.37 bits per heavy atom. The van der Waals surface area contributed by atoms with Crippen molar-refractivity contribution in [2.75, 3.05) is 59.1 Å². The van der Waals surface area contributed by atoms with Gasteiger partial charge in [0.25, 0.3) is 0 Å². The fourth-order valence-electron chi connectivity index (χ4n) is 5.00. The van der Waals surface area contributed by atoms with Gasteiger partial charge in [0.05, 0.1) is 19.3 Å². The highest BCUT2D eigenvalue weighted by molar-refractivity contribution is 5.82. The Bertz CT molecular complexity index is 575. The van der Waals surface area contributed by atoms with Crippen LogP contribution >= 0.6 is 0 Å². The summed E-state index contributed by atoms with van der Waals surface area (Å²) >= 11 is 0. The summed E-state index contributed by atoms with van der Waals surface area (Å²) in [4.78, 5) is 22.2. The minimum absolute atomic E-state index is 0.136. The summed E-state index contributed by atoms with van der Waals surface area (Å²) in [6.07, 6.45) is 4.37. The zero-order valence-electron chi connectivity index (χ0n) is 19.5. The fourth-order valence-corrected chi connectivity index (χ4v) is 5.00. The lowest BCUT2D eigenvalue weighted by Gasteiger charge is -2.40. The van der Waals surface area contributed by atoms with Crippen molar-refractivity contribution in [3.8, 4) is 0 Å². The van der Waals surface area contributed by atoms with Crippen molar-refractivity contribution >= 4 is 11.9 Å². The maximum Gasteiger partial charge on any atom is 0.225 e. The number of guanidine groups is 1. The number of nitrogens with one attached hydrogen (secondary N) is 1. The molecule has 3 heterocycles. The van der Waals surface area contributed by atoms with E-state index in [1.165, 1.54) is 6.42 Å². The third-order valence-electron chi connectivity index (χ3n) is 6.58. The summed E-state index contributed by atoms with van der Waals surface area (Å²) in [6.45, 7) is 16.0. The second-order valence-corrected chi connectivity index (χ2v) is 9.95. The molecule has 0 saturated carbocycles. The van der Waals surface area contributed by atoms with Gasteiger partial charge in [-0.1, -0.05) is 20.8 Å². The SMILES string of the molecule is CCNC(=NCC1CCCOC1C(C)(C)C)N1CCC(C(=O)N2CCOCC2)CC1. The number of rotatable bonds is 4. The first-order chi connectivity index (χ1) is 14.4. The van der Waals surface area contributed by atoms with Crippen LogP contribution in [0.1, 0.15) is 53.4 Å². The minimum Gasteiger partial charge on any atom is -0.378 e. The van der Waals surface area contributed by atoms with E-state index in [4.69, 9.17) is 14.5 Å². The highest BCUT2D eigenvalue weighted by Crippen LogP contribution is 2.34. The zero-order valence-corrected chi connectivity index (χ0v) is 19.5. The average molecular weight is 423 g/mol. The molecule has 3 aliphatic rings. The number of morpholine rings is 1. The molecule has 7 heteroatoms. The van der Waals surface area contributed by atoms with E-state index in [-0.39, 0.29) is 17.4 Å². The summed E-state index contributed by atoms with van der Waals surface area (Å²) in [5.41, 5.74) is 0.136. The molecule has 2 atom stereocenters. The third kappa shape index (κ3) is 6.10. The maximum absolute atomic E-state index is 12.8. The summed E-state index contributed by atoms with van der Waals surface area (Å²) in [6, 6.07) is 0. The molecule has 172 valence electrons. The van der Waals surface area contributed by atoms with Crippen LogP contribution in [-0.4, -0.2) is 86.9 Å². The van der Waals surface area contributed by atoms with Crippen molar-refractivity contribution < 1.29 is 14.3 Å². The molecule has 3 fully saturated rings. The Balaban J connectivity index is 1.56. The van der Waals surface area contributed by atoms with Gasteiger partial charge in [-0.3, -0.25) is 9.79 Å². The summed E-state index contributed by atoms with van der Waals surface area (Å²) in [7, 11) is 0. The molecule has 0 aromatic heterocycles. The predicted molar refractivity (Wildman–Crippen MR) is 120 cm³/mol. The molecule has 0 aliphatic carbocycles. The maximum atomic E-state index is 12.8. The second kappa shape index (κ2) is 10.8. The number of ether oxygens (including phenoxy) is 2. The van der Waals surface area contributed by atoms with Crippen LogP contribution < -0.4 is 5.32 Å². The van der Waals surface area contributed by atoms with E-state index in [0.717, 1.165) is 71.1 Å². The van der Waals surface area contributed by atoms with Crippen molar-refractivity contribution in [1.82, 2.24) is 15.1 Å². The van der Waals surface area contributed by atoms with E-state index in [9.17, 15) is 4.79 Å². The van der Waals surface area contributed by atoms with E-state index in [2.05, 4.69) is 37.9 Å². The monoisotopic (exact) mass is 422 g/mol.